The van der Waals surface area contributed by atoms with Crippen molar-refractivity contribution in [3.63, 3.8) is 0 Å². The molecule has 0 fully saturated rings. The van der Waals surface area contributed by atoms with E-state index in [0.29, 0.717) is 0 Å². The average molecular weight is 531 g/mol. The molecule has 0 bridgehead atoms. The Morgan fingerprint density at radius 1 is 0.514 bits per heavy atom. The van der Waals surface area contributed by atoms with Crippen molar-refractivity contribution >= 4 is 119 Å². The van der Waals surface area contributed by atoms with Gasteiger partial charge in [0.25, 0.3) is 10.3 Å². The van der Waals surface area contributed by atoms with Crippen LogP contribution in [0.15, 0.2) is 109 Å². The van der Waals surface area contributed by atoms with Crippen LogP contribution in [0.2, 0.25) is 0 Å². The van der Waals surface area contributed by atoms with Gasteiger partial charge in [-0.3, -0.25) is 4.90 Å². The zero-order valence-electron chi connectivity index (χ0n) is 19.1. The quantitative estimate of drug-likeness (QED) is 0.123. The number of hydrogen-bond donors (Lipinski definition) is 3. The van der Waals surface area contributed by atoms with Crippen LogP contribution in [0, 0.1) is 0 Å². The first-order chi connectivity index (χ1) is 17.5. The molecule has 178 valence electrons. The maximum absolute atomic E-state index is 10.7. The average Bonchev–Trinajstić information content (AvgIpc) is 2.88. The summed E-state index contributed by atoms with van der Waals surface area (Å²) in [7, 11) is 0. The van der Waals surface area contributed by atoms with Gasteiger partial charge in [-0.05, 0) is 68.9 Å². The number of nitrogens with two attached hydrogens (primary N) is 1. The molecule has 0 aliphatic rings. The third kappa shape index (κ3) is 5.25. The summed E-state index contributed by atoms with van der Waals surface area (Å²) in [6.45, 7) is 0. The van der Waals surface area contributed by atoms with Crippen molar-refractivity contribution in [2.75, 3.05) is 4.90 Å². The van der Waals surface area contributed by atoms with Crippen LogP contribution in [0.3, 0.4) is 0 Å². The Kier molecular flexibility index (Phi) is 8.27. The second-order valence-electron chi connectivity index (χ2n) is 8.27. The van der Waals surface area contributed by atoms with Gasteiger partial charge in [0.05, 0.1) is 11.4 Å². The summed E-state index contributed by atoms with van der Waals surface area (Å²) in [5.41, 5.74) is 6.12. The molecule has 0 saturated carbocycles. The summed E-state index contributed by atoms with van der Waals surface area (Å²) in [6, 6.07) is 37.5. The molecule has 0 heterocycles. The number of rotatable bonds is 2. The van der Waals surface area contributed by atoms with Crippen molar-refractivity contribution < 1.29 is 10.2 Å². The summed E-state index contributed by atoms with van der Waals surface area (Å²) in [4.78, 5) is 1.78. The first-order valence-corrected chi connectivity index (χ1v) is 12.1. The first kappa shape index (κ1) is 26.8. The van der Waals surface area contributed by atoms with Crippen LogP contribution in [-0.4, -0.2) is 50.1 Å². The third-order valence-electron chi connectivity index (χ3n) is 6.20. The number of hydrogen-bond acceptors (Lipinski definition) is 2. The van der Waals surface area contributed by atoms with E-state index in [-0.39, 0.29) is 34.7 Å². The Morgan fingerprint density at radius 2 is 0.892 bits per heavy atom. The molecule has 6 aromatic carbocycles. The molecule has 0 spiro atoms. The Labute approximate surface area is 247 Å². The third-order valence-corrected chi connectivity index (χ3v) is 6.38. The molecule has 37 heavy (non-hydrogen) atoms. The van der Waals surface area contributed by atoms with Gasteiger partial charge in [0.15, 0.2) is 0 Å². The molecular formula is C30H23N2NaO2S2. The fourth-order valence-corrected chi connectivity index (χ4v) is 4.97. The minimum absolute atomic E-state index is 0. The van der Waals surface area contributed by atoms with E-state index in [1.165, 1.54) is 21.5 Å². The predicted octanol–water partition coefficient (Wildman–Crippen LogP) is 7.42. The van der Waals surface area contributed by atoms with Gasteiger partial charge in [-0.25, -0.2) is 0 Å². The van der Waals surface area contributed by atoms with Crippen LogP contribution in [0.5, 0.6) is 0 Å². The molecule has 6 rings (SSSR count). The van der Waals surface area contributed by atoms with Crippen LogP contribution >= 0.6 is 24.4 Å². The van der Waals surface area contributed by atoms with Gasteiger partial charge in [0, 0.05) is 10.8 Å². The number of thiocarbonyl (C=S) groups is 2. The van der Waals surface area contributed by atoms with Crippen molar-refractivity contribution in [3.05, 3.63) is 109 Å². The van der Waals surface area contributed by atoms with Crippen LogP contribution in [0.1, 0.15) is 0 Å². The molecule has 0 saturated heterocycles. The number of nitrogens with zero attached hydrogens (tertiary/aromatic N) is 1. The first-order valence-electron chi connectivity index (χ1n) is 11.3. The second kappa shape index (κ2) is 11.4. The standard InChI is InChI=1S/C29H19NOS.CH3NOS.Na.H/c31-29(32)30(27-13-5-11-23-21-9-3-1-7-19(21)15-17-25(23)27)28-14-6-12-24-22-10-4-2-8-20(22)16-18-26(24)28;2-1(3)4;;/h1-18H,(H,31,32);(H3,2,3,4);;. The van der Waals surface area contributed by atoms with Gasteiger partial charge >= 0.3 is 29.6 Å². The zero-order valence-corrected chi connectivity index (χ0v) is 20.8. The number of aliphatic hydroxyl groups is 2. The molecule has 4 N–H and O–H groups in total. The van der Waals surface area contributed by atoms with Gasteiger partial charge in [0.2, 0.25) is 0 Å². The summed E-state index contributed by atoms with van der Waals surface area (Å²) >= 11 is 9.25. The maximum atomic E-state index is 10.7. The van der Waals surface area contributed by atoms with E-state index in [1.807, 2.05) is 36.4 Å². The molecule has 0 unspecified atom stereocenters. The van der Waals surface area contributed by atoms with Crippen molar-refractivity contribution in [1.82, 2.24) is 0 Å². The molecule has 7 heteroatoms. The van der Waals surface area contributed by atoms with E-state index in [1.54, 1.807) is 4.90 Å². The van der Waals surface area contributed by atoms with E-state index >= 15 is 0 Å². The number of benzene rings is 6. The fraction of sp³-hybridized carbons (Fsp3) is 0. The van der Waals surface area contributed by atoms with E-state index in [0.717, 1.165) is 32.9 Å². The van der Waals surface area contributed by atoms with Gasteiger partial charge in [-0.15, -0.1) is 0 Å². The van der Waals surface area contributed by atoms with Crippen molar-refractivity contribution in [1.29, 1.82) is 0 Å². The Hall–Kier alpha value is -3.26. The molecule has 0 aromatic heterocycles. The normalized spacial score (nSPS) is 10.5. The van der Waals surface area contributed by atoms with E-state index < -0.39 is 5.17 Å². The molecule has 0 amide bonds. The van der Waals surface area contributed by atoms with E-state index in [2.05, 4.69) is 90.7 Å². The minimum atomic E-state index is -0.500. The second-order valence-corrected chi connectivity index (χ2v) is 9.06. The molecule has 6 aromatic rings. The van der Waals surface area contributed by atoms with Gasteiger partial charge < -0.3 is 15.9 Å². The predicted molar refractivity (Wildman–Crippen MR) is 167 cm³/mol. The van der Waals surface area contributed by atoms with E-state index in [9.17, 15) is 5.11 Å². The molecule has 0 atom stereocenters. The Morgan fingerprint density at radius 3 is 1.30 bits per heavy atom. The van der Waals surface area contributed by atoms with Crippen molar-refractivity contribution in [3.8, 4) is 0 Å². The van der Waals surface area contributed by atoms with Crippen molar-refractivity contribution in [2.24, 2.45) is 5.73 Å². The Balaban J connectivity index is 0.000000599. The van der Waals surface area contributed by atoms with Crippen LogP contribution in [-0.2, 0) is 0 Å². The monoisotopic (exact) mass is 530 g/mol. The van der Waals surface area contributed by atoms with Crippen LogP contribution < -0.4 is 10.6 Å². The zero-order chi connectivity index (χ0) is 25.2. The number of anilines is 2. The van der Waals surface area contributed by atoms with Gasteiger partial charge in [0.1, 0.15) is 0 Å². The molecule has 0 aliphatic heterocycles. The fourth-order valence-electron chi connectivity index (χ4n) is 4.77. The molecular weight excluding hydrogens is 507 g/mol. The molecule has 4 nitrogen and oxygen atoms in total. The summed E-state index contributed by atoms with van der Waals surface area (Å²) in [6.07, 6.45) is 0. The summed E-state index contributed by atoms with van der Waals surface area (Å²) in [5, 5.41) is 26.7. The summed E-state index contributed by atoms with van der Waals surface area (Å²) < 4.78 is 0. The van der Waals surface area contributed by atoms with Gasteiger partial charge in [-0.1, -0.05) is 97.1 Å². The van der Waals surface area contributed by atoms with Gasteiger partial charge in [-0.2, -0.15) is 0 Å². The molecule has 0 radical (unpaired) electrons. The van der Waals surface area contributed by atoms with Crippen LogP contribution in [0.25, 0.3) is 43.1 Å². The summed E-state index contributed by atoms with van der Waals surface area (Å²) in [5.74, 6) is 0. The molecule has 0 aliphatic carbocycles. The number of fused-ring (bicyclic) bond motifs is 6. The SMILES string of the molecule is NC(O)=S.OC(=S)N(c1cccc2c1ccc1ccccc12)c1cccc2c1ccc1ccccc12.[NaH]. The number of aliphatic hydroxyl groups excluding tert-OH is 2. The Bertz CT molecular complexity index is 1670. The van der Waals surface area contributed by atoms with Crippen LogP contribution in [0.4, 0.5) is 11.4 Å². The topological polar surface area (TPSA) is 69.7 Å². The van der Waals surface area contributed by atoms with Crippen molar-refractivity contribution in [2.45, 2.75) is 0 Å². The van der Waals surface area contributed by atoms with E-state index in [4.69, 9.17) is 17.3 Å².